The van der Waals surface area contributed by atoms with E-state index in [1.807, 2.05) is 52.0 Å². The van der Waals surface area contributed by atoms with E-state index < -0.39 is 0 Å². The first-order valence-electron chi connectivity index (χ1n) is 8.21. The van der Waals surface area contributed by atoms with Crippen LogP contribution in [0.1, 0.15) is 51.0 Å². The van der Waals surface area contributed by atoms with Gasteiger partial charge in [-0.25, -0.2) is 0 Å². The van der Waals surface area contributed by atoms with Crippen molar-refractivity contribution < 1.29 is 14.2 Å². The van der Waals surface area contributed by atoms with Crippen molar-refractivity contribution in [2.75, 3.05) is 0 Å². The van der Waals surface area contributed by atoms with E-state index in [0.29, 0.717) is 0 Å². The van der Waals surface area contributed by atoms with Crippen molar-refractivity contribution in [2.24, 2.45) is 0 Å². The molecule has 0 bridgehead atoms. The van der Waals surface area contributed by atoms with Gasteiger partial charge in [-0.3, -0.25) is 0 Å². The summed E-state index contributed by atoms with van der Waals surface area (Å²) in [5, 5.41) is 0. The van der Waals surface area contributed by atoms with Crippen LogP contribution in [0.2, 0.25) is 0 Å². The summed E-state index contributed by atoms with van der Waals surface area (Å²) >= 11 is 0. The van der Waals surface area contributed by atoms with Crippen molar-refractivity contribution >= 4 is 0 Å². The van der Waals surface area contributed by atoms with E-state index in [1.165, 1.54) is 11.1 Å². The highest BCUT2D eigenvalue weighted by Crippen LogP contribution is 2.51. The normalized spacial score (nSPS) is 19.9. The lowest BCUT2D eigenvalue weighted by Crippen LogP contribution is -2.05. The molecule has 0 aromatic heterocycles. The molecule has 0 spiro atoms. The predicted octanol–water partition coefficient (Wildman–Crippen LogP) is 5.07. The van der Waals surface area contributed by atoms with Crippen LogP contribution in [0.25, 0.3) is 0 Å². The van der Waals surface area contributed by atoms with Gasteiger partial charge in [0.1, 0.15) is 23.7 Å². The lowest BCUT2D eigenvalue weighted by molar-refractivity contribution is 0.242. The molecule has 23 heavy (non-hydrogen) atoms. The predicted molar refractivity (Wildman–Crippen MR) is 91.0 cm³/mol. The molecule has 0 N–H and O–H groups in total. The lowest BCUT2D eigenvalue weighted by atomic mass is 10.0. The Hall–Kier alpha value is -2.00. The summed E-state index contributed by atoms with van der Waals surface area (Å²) in [5.74, 6) is 1.80. The topological polar surface area (TPSA) is 31.0 Å². The maximum atomic E-state index is 5.85. The van der Waals surface area contributed by atoms with E-state index in [2.05, 4.69) is 24.3 Å². The average Bonchev–Trinajstić information content (AvgIpc) is 3.28. The minimum Gasteiger partial charge on any atom is -0.491 e. The molecule has 0 aliphatic carbocycles. The van der Waals surface area contributed by atoms with Gasteiger partial charge in [0.05, 0.1) is 12.2 Å². The van der Waals surface area contributed by atoms with E-state index >= 15 is 0 Å². The molecule has 2 aromatic rings. The second kappa shape index (κ2) is 6.63. The molecule has 0 radical (unpaired) electrons. The molecule has 3 heteroatoms. The van der Waals surface area contributed by atoms with Crippen molar-refractivity contribution in [3.8, 4) is 11.5 Å². The molecular formula is C20H24O3. The van der Waals surface area contributed by atoms with Gasteiger partial charge in [0.25, 0.3) is 0 Å². The number of epoxide rings is 1. The van der Waals surface area contributed by atoms with Crippen molar-refractivity contribution in [2.45, 2.75) is 52.1 Å². The van der Waals surface area contributed by atoms with Crippen LogP contribution in [0.5, 0.6) is 11.5 Å². The van der Waals surface area contributed by atoms with Crippen LogP contribution in [-0.2, 0) is 4.74 Å². The van der Waals surface area contributed by atoms with Crippen LogP contribution in [0, 0.1) is 0 Å². The first-order valence-corrected chi connectivity index (χ1v) is 8.21. The van der Waals surface area contributed by atoms with Gasteiger partial charge < -0.3 is 14.2 Å². The Balaban J connectivity index is 1.62. The molecule has 1 fully saturated rings. The molecule has 0 amide bonds. The Labute approximate surface area is 138 Å². The summed E-state index contributed by atoms with van der Waals surface area (Å²) in [4.78, 5) is 0. The third-order valence-electron chi connectivity index (χ3n) is 3.65. The standard InChI is InChI=1S/C20H24O3/c1-13(2)21-17-9-5-15(6-10-17)19-20(23-19)16-7-11-18(12-8-16)22-14(3)4/h5-14,19-20H,1-4H3. The van der Waals surface area contributed by atoms with E-state index in [4.69, 9.17) is 14.2 Å². The smallest absolute Gasteiger partial charge is 0.119 e. The van der Waals surface area contributed by atoms with E-state index in [1.54, 1.807) is 0 Å². The minimum absolute atomic E-state index is 0.139. The number of ether oxygens (including phenoxy) is 3. The van der Waals surface area contributed by atoms with E-state index in [0.717, 1.165) is 11.5 Å². The molecule has 1 heterocycles. The van der Waals surface area contributed by atoms with Gasteiger partial charge in [-0.1, -0.05) is 24.3 Å². The van der Waals surface area contributed by atoms with Gasteiger partial charge >= 0.3 is 0 Å². The highest BCUT2D eigenvalue weighted by Gasteiger charge is 2.41. The highest BCUT2D eigenvalue weighted by atomic mass is 16.6. The van der Waals surface area contributed by atoms with Gasteiger partial charge in [0, 0.05) is 0 Å². The molecule has 2 aromatic carbocycles. The summed E-state index contributed by atoms with van der Waals surface area (Å²) in [6.45, 7) is 8.11. The second-order valence-corrected chi connectivity index (χ2v) is 6.45. The minimum atomic E-state index is 0.139. The van der Waals surface area contributed by atoms with Gasteiger partial charge in [0.15, 0.2) is 0 Å². The molecule has 3 nitrogen and oxygen atoms in total. The third-order valence-corrected chi connectivity index (χ3v) is 3.65. The van der Waals surface area contributed by atoms with Crippen LogP contribution in [0.15, 0.2) is 48.5 Å². The summed E-state index contributed by atoms with van der Waals surface area (Å²) in [7, 11) is 0. The Morgan fingerprint density at radius 2 is 1.00 bits per heavy atom. The van der Waals surface area contributed by atoms with Crippen molar-refractivity contribution in [1.82, 2.24) is 0 Å². The first-order chi connectivity index (χ1) is 11.0. The molecule has 1 aliphatic rings. The maximum Gasteiger partial charge on any atom is 0.119 e. The first kappa shape index (κ1) is 15.9. The molecule has 3 rings (SSSR count). The number of benzene rings is 2. The van der Waals surface area contributed by atoms with Crippen molar-refractivity contribution in [3.05, 3.63) is 59.7 Å². The fraction of sp³-hybridized carbons (Fsp3) is 0.400. The molecule has 2 atom stereocenters. The number of rotatable bonds is 6. The molecule has 0 saturated carbocycles. The van der Waals surface area contributed by atoms with Crippen LogP contribution in [0.4, 0.5) is 0 Å². The summed E-state index contributed by atoms with van der Waals surface area (Å²) < 4.78 is 17.2. The fourth-order valence-corrected chi connectivity index (χ4v) is 2.64. The zero-order chi connectivity index (χ0) is 16.4. The van der Waals surface area contributed by atoms with Crippen molar-refractivity contribution in [3.63, 3.8) is 0 Å². The fourth-order valence-electron chi connectivity index (χ4n) is 2.64. The van der Waals surface area contributed by atoms with E-state index in [-0.39, 0.29) is 24.4 Å². The number of hydrogen-bond donors (Lipinski definition) is 0. The molecule has 1 aliphatic heterocycles. The van der Waals surface area contributed by atoms with Crippen LogP contribution in [-0.4, -0.2) is 12.2 Å². The van der Waals surface area contributed by atoms with Crippen LogP contribution < -0.4 is 9.47 Å². The molecule has 122 valence electrons. The Kier molecular flexibility index (Phi) is 4.58. The Morgan fingerprint density at radius 1 is 0.652 bits per heavy atom. The Bertz CT molecular complexity index is 571. The van der Waals surface area contributed by atoms with Crippen LogP contribution in [0.3, 0.4) is 0 Å². The summed E-state index contributed by atoms with van der Waals surface area (Å²) in [6.07, 6.45) is 0.662. The van der Waals surface area contributed by atoms with Gasteiger partial charge in [-0.15, -0.1) is 0 Å². The monoisotopic (exact) mass is 312 g/mol. The third kappa shape index (κ3) is 4.05. The maximum absolute atomic E-state index is 5.85. The summed E-state index contributed by atoms with van der Waals surface area (Å²) in [6, 6.07) is 16.4. The van der Waals surface area contributed by atoms with E-state index in [9.17, 15) is 0 Å². The van der Waals surface area contributed by atoms with Crippen molar-refractivity contribution in [1.29, 1.82) is 0 Å². The second-order valence-electron chi connectivity index (χ2n) is 6.45. The highest BCUT2D eigenvalue weighted by molar-refractivity contribution is 5.36. The van der Waals surface area contributed by atoms with Crippen LogP contribution >= 0.6 is 0 Å². The average molecular weight is 312 g/mol. The Morgan fingerprint density at radius 3 is 1.30 bits per heavy atom. The largest absolute Gasteiger partial charge is 0.491 e. The molecule has 1 saturated heterocycles. The molecule has 2 unspecified atom stereocenters. The quantitative estimate of drug-likeness (QED) is 0.697. The zero-order valence-corrected chi connectivity index (χ0v) is 14.2. The van der Waals surface area contributed by atoms with Gasteiger partial charge in [-0.05, 0) is 63.1 Å². The van der Waals surface area contributed by atoms with Gasteiger partial charge in [-0.2, -0.15) is 0 Å². The van der Waals surface area contributed by atoms with Gasteiger partial charge in [0.2, 0.25) is 0 Å². The number of hydrogen-bond acceptors (Lipinski definition) is 3. The zero-order valence-electron chi connectivity index (χ0n) is 14.2. The molecular weight excluding hydrogens is 288 g/mol. The lowest BCUT2D eigenvalue weighted by Gasteiger charge is -2.10. The summed E-state index contributed by atoms with van der Waals surface area (Å²) in [5.41, 5.74) is 2.38. The SMILES string of the molecule is CC(C)Oc1ccc(C2OC2c2ccc(OC(C)C)cc2)cc1.